The molecular formula is C8H17NO2. The van der Waals surface area contributed by atoms with Gasteiger partial charge in [-0.3, -0.25) is 4.79 Å². The third-order valence-corrected chi connectivity index (χ3v) is 1.98. The van der Waals surface area contributed by atoms with Crippen LogP contribution >= 0.6 is 0 Å². The molecule has 0 amide bonds. The van der Waals surface area contributed by atoms with Crippen molar-refractivity contribution in [3.63, 3.8) is 0 Å². The first kappa shape index (κ1) is 10.4. The molecule has 0 aromatic heterocycles. The predicted molar refractivity (Wildman–Crippen MR) is 44.4 cm³/mol. The molecule has 0 bridgehead atoms. The minimum absolute atomic E-state index is 0.176. The lowest BCUT2D eigenvalue weighted by Gasteiger charge is -2.24. The molecule has 0 saturated carbocycles. The van der Waals surface area contributed by atoms with Crippen LogP contribution in [0, 0.1) is 0 Å². The molecular weight excluding hydrogens is 142 g/mol. The van der Waals surface area contributed by atoms with Gasteiger partial charge in [-0.05, 0) is 27.3 Å². The van der Waals surface area contributed by atoms with Gasteiger partial charge >= 0.3 is 5.97 Å². The summed E-state index contributed by atoms with van der Waals surface area (Å²) < 4.78 is 4.89. The molecule has 11 heavy (non-hydrogen) atoms. The first-order valence-corrected chi connectivity index (χ1v) is 3.96. The van der Waals surface area contributed by atoms with Crippen molar-refractivity contribution in [3.05, 3.63) is 0 Å². The molecule has 0 rings (SSSR count). The van der Waals surface area contributed by atoms with Crippen molar-refractivity contribution >= 4 is 5.97 Å². The third kappa shape index (κ3) is 2.50. The van der Waals surface area contributed by atoms with Gasteiger partial charge in [0.2, 0.25) is 0 Å². The number of carbonyl (C=O) groups is 1. The molecule has 0 aliphatic heterocycles. The van der Waals surface area contributed by atoms with Crippen LogP contribution in [0.25, 0.3) is 0 Å². The number of esters is 1. The Kier molecular flexibility index (Phi) is 4.11. The summed E-state index contributed by atoms with van der Waals surface area (Å²) in [6, 6.07) is 0. The fourth-order valence-electron chi connectivity index (χ4n) is 0.714. The number of rotatable bonds is 4. The predicted octanol–water partition coefficient (Wildman–Crippen LogP) is 0.938. The minimum atomic E-state index is -0.518. The van der Waals surface area contributed by atoms with Crippen molar-refractivity contribution in [1.29, 1.82) is 0 Å². The van der Waals surface area contributed by atoms with E-state index in [9.17, 15) is 4.79 Å². The van der Waals surface area contributed by atoms with E-state index in [1.54, 1.807) is 7.05 Å². The first-order chi connectivity index (χ1) is 5.10. The lowest BCUT2D eigenvalue weighted by atomic mass is 10.00. The highest BCUT2D eigenvalue weighted by molar-refractivity contribution is 5.80. The Bertz CT molecular complexity index is 130. The average Bonchev–Trinajstić information content (AvgIpc) is 2.03. The second-order valence-corrected chi connectivity index (χ2v) is 2.66. The Balaban J connectivity index is 4.12. The Morgan fingerprint density at radius 3 is 2.36 bits per heavy atom. The maximum absolute atomic E-state index is 11.2. The van der Waals surface area contributed by atoms with E-state index in [1.807, 2.05) is 20.8 Å². The number of carbonyl (C=O) groups excluding carboxylic acids is 1. The number of nitrogens with one attached hydrogen (secondary N) is 1. The van der Waals surface area contributed by atoms with Crippen molar-refractivity contribution in [3.8, 4) is 0 Å². The van der Waals surface area contributed by atoms with Gasteiger partial charge in [0, 0.05) is 0 Å². The van der Waals surface area contributed by atoms with Crippen LogP contribution in [0.15, 0.2) is 0 Å². The summed E-state index contributed by atoms with van der Waals surface area (Å²) in [6.07, 6.45) is 0.738. The van der Waals surface area contributed by atoms with Gasteiger partial charge < -0.3 is 10.1 Å². The van der Waals surface area contributed by atoms with E-state index in [4.69, 9.17) is 4.74 Å². The van der Waals surface area contributed by atoms with E-state index in [0.29, 0.717) is 6.61 Å². The molecule has 0 saturated heterocycles. The molecule has 0 aromatic carbocycles. The summed E-state index contributed by atoms with van der Waals surface area (Å²) in [4.78, 5) is 11.2. The summed E-state index contributed by atoms with van der Waals surface area (Å²) in [6.45, 7) is 6.04. The van der Waals surface area contributed by atoms with Crippen molar-refractivity contribution < 1.29 is 9.53 Å². The Morgan fingerprint density at radius 1 is 1.55 bits per heavy atom. The fraction of sp³-hybridized carbons (Fsp3) is 0.875. The van der Waals surface area contributed by atoms with Gasteiger partial charge in [0.15, 0.2) is 0 Å². The summed E-state index contributed by atoms with van der Waals surface area (Å²) in [5.41, 5.74) is -0.518. The van der Waals surface area contributed by atoms with Crippen LogP contribution in [0.2, 0.25) is 0 Å². The van der Waals surface area contributed by atoms with Crippen LogP contribution in [0.1, 0.15) is 27.2 Å². The highest BCUT2D eigenvalue weighted by Crippen LogP contribution is 2.09. The molecule has 1 atom stereocenters. The zero-order valence-corrected chi connectivity index (χ0v) is 7.73. The van der Waals surface area contributed by atoms with E-state index in [2.05, 4.69) is 5.32 Å². The standard InChI is InChI=1S/C8H17NO2/c1-5-8(3,9-4)7(10)11-6-2/h9H,5-6H2,1-4H3. The van der Waals surface area contributed by atoms with Gasteiger partial charge in [-0.15, -0.1) is 0 Å². The van der Waals surface area contributed by atoms with E-state index in [0.717, 1.165) is 6.42 Å². The van der Waals surface area contributed by atoms with Crippen molar-refractivity contribution in [1.82, 2.24) is 5.32 Å². The van der Waals surface area contributed by atoms with Crippen molar-refractivity contribution in [2.75, 3.05) is 13.7 Å². The normalized spacial score (nSPS) is 15.6. The Morgan fingerprint density at radius 2 is 2.09 bits per heavy atom. The number of ether oxygens (including phenoxy) is 1. The summed E-state index contributed by atoms with van der Waals surface area (Å²) in [5.74, 6) is -0.176. The molecule has 0 aliphatic carbocycles. The number of hydrogen-bond donors (Lipinski definition) is 1. The topological polar surface area (TPSA) is 38.3 Å². The summed E-state index contributed by atoms with van der Waals surface area (Å²) in [5, 5.41) is 2.94. The third-order valence-electron chi connectivity index (χ3n) is 1.98. The molecule has 3 heteroatoms. The molecule has 0 fully saturated rings. The first-order valence-electron chi connectivity index (χ1n) is 3.96. The largest absolute Gasteiger partial charge is 0.465 e. The van der Waals surface area contributed by atoms with Crippen LogP contribution in [0.4, 0.5) is 0 Å². The van der Waals surface area contributed by atoms with E-state index < -0.39 is 5.54 Å². The van der Waals surface area contributed by atoms with E-state index >= 15 is 0 Å². The highest BCUT2D eigenvalue weighted by atomic mass is 16.5. The SMILES string of the molecule is CCOC(=O)C(C)(CC)NC. The maximum atomic E-state index is 11.2. The van der Waals surface area contributed by atoms with Gasteiger partial charge in [0.05, 0.1) is 6.61 Å². The monoisotopic (exact) mass is 159 g/mol. The van der Waals surface area contributed by atoms with Gasteiger partial charge in [-0.25, -0.2) is 0 Å². The van der Waals surface area contributed by atoms with Crippen molar-refractivity contribution in [2.45, 2.75) is 32.7 Å². The molecule has 66 valence electrons. The van der Waals surface area contributed by atoms with Crippen LogP contribution < -0.4 is 5.32 Å². The zero-order valence-electron chi connectivity index (χ0n) is 7.73. The summed E-state index contributed by atoms with van der Waals surface area (Å²) >= 11 is 0. The Hall–Kier alpha value is -0.570. The van der Waals surface area contributed by atoms with Crippen molar-refractivity contribution in [2.24, 2.45) is 0 Å². The quantitative estimate of drug-likeness (QED) is 0.620. The molecule has 1 unspecified atom stereocenters. The van der Waals surface area contributed by atoms with E-state index in [-0.39, 0.29) is 5.97 Å². The lowest BCUT2D eigenvalue weighted by Crippen LogP contribution is -2.48. The molecule has 0 heterocycles. The molecule has 3 nitrogen and oxygen atoms in total. The molecule has 0 aromatic rings. The minimum Gasteiger partial charge on any atom is -0.465 e. The maximum Gasteiger partial charge on any atom is 0.326 e. The van der Waals surface area contributed by atoms with Gasteiger partial charge in [-0.1, -0.05) is 6.92 Å². The number of likely N-dealkylation sites (N-methyl/N-ethyl adjacent to an activating group) is 1. The van der Waals surface area contributed by atoms with Crippen LogP contribution in [-0.4, -0.2) is 25.2 Å². The van der Waals surface area contributed by atoms with E-state index in [1.165, 1.54) is 0 Å². The second-order valence-electron chi connectivity index (χ2n) is 2.66. The smallest absolute Gasteiger partial charge is 0.326 e. The molecule has 0 radical (unpaired) electrons. The van der Waals surface area contributed by atoms with Gasteiger partial charge in [0.1, 0.15) is 5.54 Å². The van der Waals surface area contributed by atoms with Gasteiger partial charge in [0.25, 0.3) is 0 Å². The van der Waals surface area contributed by atoms with Crippen LogP contribution in [0.3, 0.4) is 0 Å². The van der Waals surface area contributed by atoms with Crippen LogP contribution in [0.5, 0.6) is 0 Å². The number of hydrogen-bond acceptors (Lipinski definition) is 3. The molecule has 0 aliphatic rings. The molecule has 1 N–H and O–H groups in total. The highest BCUT2D eigenvalue weighted by Gasteiger charge is 2.30. The zero-order chi connectivity index (χ0) is 8.91. The molecule has 0 spiro atoms. The van der Waals surface area contributed by atoms with Gasteiger partial charge in [-0.2, -0.15) is 0 Å². The Labute approximate surface area is 68.1 Å². The average molecular weight is 159 g/mol. The fourth-order valence-corrected chi connectivity index (χ4v) is 0.714. The van der Waals surface area contributed by atoms with Crippen LogP contribution in [-0.2, 0) is 9.53 Å². The summed E-state index contributed by atoms with van der Waals surface area (Å²) in [7, 11) is 1.76. The lowest BCUT2D eigenvalue weighted by molar-refractivity contribution is -0.150. The second kappa shape index (κ2) is 4.34.